The van der Waals surface area contributed by atoms with Crippen molar-refractivity contribution in [3.05, 3.63) is 58.7 Å². The lowest BCUT2D eigenvalue weighted by molar-refractivity contribution is -0.144. The summed E-state index contributed by atoms with van der Waals surface area (Å²) in [6.07, 6.45) is 1.29. The zero-order valence-electron chi connectivity index (χ0n) is 16.6. The van der Waals surface area contributed by atoms with Crippen LogP contribution in [-0.2, 0) is 25.5 Å². The Bertz CT molecular complexity index is 947. The van der Waals surface area contributed by atoms with Crippen LogP contribution in [0, 0.1) is 0 Å². The molecule has 0 radical (unpaired) electrons. The number of esters is 2. The molecule has 8 heteroatoms. The van der Waals surface area contributed by atoms with Crippen LogP contribution in [0.3, 0.4) is 0 Å². The van der Waals surface area contributed by atoms with Crippen LogP contribution >= 0.6 is 0 Å². The number of carbonyl (C=O) groups excluding carboxylic acids is 4. The van der Waals surface area contributed by atoms with E-state index in [-0.39, 0.29) is 0 Å². The zero-order valence-corrected chi connectivity index (χ0v) is 16.6. The molecular formula is C23H20O8. The fourth-order valence-corrected chi connectivity index (χ4v) is 3.53. The molecular weight excluding hydrogens is 404 g/mol. The van der Waals surface area contributed by atoms with Gasteiger partial charge in [-0.3, -0.25) is 9.59 Å². The quantitative estimate of drug-likeness (QED) is 0.470. The Hall–Kier alpha value is -3.68. The summed E-state index contributed by atoms with van der Waals surface area (Å²) >= 11 is 0. The number of carbonyl (C=O) groups is 4. The van der Waals surface area contributed by atoms with Gasteiger partial charge in [0.25, 0.3) is 0 Å². The molecule has 4 rings (SSSR count). The Labute approximate surface area is 178 Å². The fourth-order valence-electron chi connectivity index (χ4n) is 3.53. The molecule has 160 valence electrons. The first-order valence-electron chi connectivity index (χ1n) is 9.90. The largest absolute Gasteiger partial charge is 0.478 e. The predicted octanol–water partition coefficient (Wildman–Crippen LogP) is 2.29. The Balaban J connectivity index is 1.49. The first kappa shape index (κ1) is 20.6. The van der Waals surface area contributed by atoms with Crippen molar-refractivity contribution in [2.24, 2.45) is 0 Å². The van der Waals surface area contributed by atoms with Crippen molar-refractivity contribution in [1.29, 1.82) is 0 Å². The highest BCUT2D eigenvalue weighted by Gasteiger charge is 2.30. The molecule has 0 saturated carbocycles. The summed E-state index contributed by atoms with van der Waals surface area (Å²) in [5.74, 6) is -0.224. The van der Waals surface area contributed by atoms with E-state index in [4.69, 9.17) is 18.9 Å². The first-order chi connectivity index (χ1) is 15.1. The Morgan fingerprint density at radius 1 is 0.774 bits per heavy atom. The molecule has 2 saturated heterocycles. The summed E-state index contributed by atoms with van der Waals surface area (Å²) in [4.78, 5) is 46.3. The molecule has 0 spiro atoms. The molecule has 0 aliphatic carbocycles. The van der Waals surface area contributed by atoms with Gasteiger partial charge in [0.2, 0.25) is 0 Å². The van der Waals surface area contributed by atoms with E-state index >= 15 is 0 Å². The van der Waals surface area contributed by atoms with Crippen LogP contribution in [-0.4, -0.2) is 49.9 Å². The van der Waals surface area contributed by atoms with Gasteiger partial charge in [-0.15, -0.1) is 0 Å². The molecule has 2 atom stereocenters. The molecule has 2 aromatic rings. The van der Waals surface area contributed by atoms with E-state index in [1.807, 2.05) is 0 Å². The molecule has 8 nitrogen and oxygen atoms in total. The molecule has 2 heterocycles. The monoisotopic (exact) mass is 424 g/mol. The van der Waals surface area contributed by atoms with Gasteiger partial charge in [0.15, 0.2) is 24.8 Å². The molecule has 2 aromatic carbocycles. The Morgan fingerprint density at radius 3 is 1.58 bits per heavy atom. The van der Waals surface area contributed by atoms with Crippen molar-refractivity contribution in [3.8, 4) is 11.5 Å². The van der Waals surface area contributed by atoms with Crippen LogP contribution in [0.2, 0.25) is 0 Å². The van der Waals surface area contributed by atoms with Gasteiger partial charge in [-0.05, 0) is 41.8 Å². The van der Waals surface area contributed by atoms with E-state index in [1.54, 1.807) is 36.4 Å². The highest BCUT2D eigenvalue weighted by Crippen LogP contribution is 2.26. The second kappa shape index (κ2) is 8.99. The molecule has 0 aromatic heterocycles. The SMILES string of the molecule is O=Cc1cc(Cc2ccc(OC3CCOC3=O)c(C=O)c2)ccc1OC1CCOC1=O. The smallest absolute Gasteiger partial charge is 0.347 e. The molecule has 0 amide bonds. The molecule has 2 unspecified atom stereocenters. The maximum atomic E-state index is 11.6. The number of cyclic esters (lactones) is 2. The molecule has 31 heavy (non-hydrogen) atoms. The number of benzene rings is 2. The minimum Gasteiger partial charge on any atom is -0.478 e. The average molecular weight is 424 g/mol. The molecule has 2 aliphatic heterocycles. The van der Waals surface area contributed by atoms with Crippen molar-refractivity contribution in [3.63, 3.8) is 0 Å². The average Bonchev–Trinajstić information content (AvgIpc) is 3.37. The third-order valence-corrected chi connectivity index (χ3v) is 5.12. The van der Waals surface area contributed by atoms with Crippen molar-refractivity contribution in [2.45, 2.75) is 31.5 Å². The summed E-state index contributed by atoms with van der Waals surface area (Å²) in [7, 11) is 0. The predicted molar refractivity (Wildman–Crippen MR) is 106 cm³/mol. The summed E-state index contributed by atoms with van der Waals surface area (Å²) in [6, 6.07) is 10.2. The van der Waals surface area contributed by atoms with Gasteiger partial charge in [-0.2, -0.15) is 0 Å². The number of rotatable bonds is 8. The van der Waals surface area contributed by atoms with E-state index in [9.17, 15) is 19.2 Å². The Morgan fingerprint density at radius 2 is 1.23 bits per heavy atom. The zero-order chi connectivity index (χ0) is 21.8. The van der Waals surface area contributed by atoms with Crippen LogP contribution in [0.25, 0.3) is 0 Å². The number of hydrogen-bond acceptors (Lipinski definition) is 8. The lowest BCUT2D eigenvalue weighted by Crippen LogP contribution is -2.22. The second-order valence-electron chi connectivity index (χ2n) is 7.28. The van der Waals surface area contributed by atoms with Crippen LogP contribution in [0.15, 0.2) is 36.4 Å². The third-order valence-electron chi connectivity index (χ3n) is 5.12. The minimum atomic E-state index is -0.704. The van der Waals surface area contributed by atoms with Crippen LogP contribution in [0.1, 0.15) is 44.7 Å². The fraction of sp³-hybridized carbons (Fsp3) is 0.304. The first-order valence-corrected chi connectivity index (χ1v) is 9.90. The van der Waals surface area contributed by atoms with Gasteiger partial charge in [0.1, 0.15) is 11.5 Å². The second-order valence-corrected chi connectivity index (χ2v) is 7.28. The molecule has 2 fully saturated rings. The van der Waals surface area contributed by atoms with E-state index in [0.29, 0.717) is 67.7 Å². The van der Waals surface area contributed by atoms with E-state index in [1.165, 1.54) is 0 Å². The number of aldehydes is 2. The van der Waals surface area contributed by atoms with E-state index in [0.717, 1.165) is 11.1 Å². The Kier molecular flexibility index (Phi) is 5.97. The maximum absolute atomic E-state index is 11.6. The summed E-state index contributed by atoms with van der Waals surface area (Å²) in [5, 5.41) is 0. The van der Waals surface area contributed by atoms with Gasteiger partial charge < -0.3 is 18.9 Å². The maximum Gasteiger partial charge on any atom is 0.347 e. The van der Waals surface area contributed by atoms with Crippen molar-refractivity contribution >= 4 is 24.5 Å². The van der Waals surface area contributed by atoms with Gasteiger partial charge in [-0.1, -0.05) is 12.1 Å². The van der Waals surface area contributed by atoms with Gasteiger partial charge in [0, 0.05) is 12.8 Å². The summed E-state index contributed by atoms with van der Waals surface area (Å²) < 4.78 is 21.0. The normalized spacial score (nSPS) is 20.1. The van der Waals surface area contributed by atoms with Crippen molar-refractivity contribution in [2.75, 3.05) is 13.2 Å². The standard InChI is InChI=1S/C23H20O8/c24-12-16-10-14(1-3-18(16)30-20-5-7-28-22(20)26)9-15-2-4-19(17(11-15)13-25)31-21-6-8-29-23(21)27/h1-4,10-13,20-21H,5-9H2. The number of ether oxygens (including phenoxy) is 4. The highest BCUT2D eigenvalue weighted by atomic mass is 16.6. The summed E-state index contributed by atoms with van der Waals surface area (Å²) in [6.45, 7) is 0.609. The molecule has 0 bridgehead atoms. The van der Waals surface area contributed by atoms with Crippen molar-refractivity contribution in [1.82, 2.24) is 0 Å². The van der Waals surface area contributed by atoms with E-state index in [2.05, 4.69) is 0 Å². The molecule has 2 aliphatic rings. The third kappa shape index (κ3) is 4.58. The van der Waals surface area contributed by atoms with E-state index < -0.39 is 24.1 Å². The highest BCUT2D eigenvalue weighted by molar-refractivity contribution is 5.82. The van der Waals surface area contributed by atoms with Crippen LogP contribution < -0.4 is 9.47 Å². The van der Waals surface area contributed by atoms with Crippen LogP contribution in [0.4, 0.5) is 0 Å². The topological polar surface area (TPSA) is 105 Å². The molecule has 0 N–H and O–H groups in total. The minimum absolute atomic E-state index is 0.304. The lowest BCUT2D eigenvalue weighted by Gasteiger charge is -2.14. The lowest BCUT2D eigenvalue weighted by atomic mass is 10.0. The van der Waals surface area contributed by atoms with Crippen LogP contribution in [0.5, 0.6) is 11.5 Å². The van der Waals surface area contributed by atoms with Crippen molar-refractivity contribution < 1.29 is 38.1 Å². The van der Waals surface area contributed by atoms with Gasteiger partial charge in [0.05, 0.1) is 24.3 Å². The summed E-state index contributed by atoms with van der Waals surface area (Å²) in [5.41, 5.74) is 2.31. The number of hydrogen-bond donors (Lipinski definition) is 0. The van der Waals surface area contributed by atoms with Gasteiger partial charge >= 0.3 is 11.9 Å². The van der Waals surface area contributed by atoms with Gasteiger partial charge in [-0.25, -0.2) is 9.59 Å².